The monoisotopic (exact) mass is 438 g/mol. The van der Waals surface area contributed by atoms with Crippen LogP contribution < -0.4 is 10.9 Å². The van der Waals surface area contributed by atoms with E-state index in [1.165, 1.54) is 0 Å². The number of hydrogen-bond acceptors (Lipinski definition) is 6. The van der Waals surface area contributed by atoms with Crippen molar-refractivity contribution < 1.29 is 8.42 Å². The number of H-pyrrole nitrogens is 1. The molecule has 138 valence electrons. The summed E-state index contributed by atoms with van der Waals surface area (Å²) in [4.78, 5) is -0.0932. The van der Waals surface area contributed by atoms with Crippen LogP contribution in [0.25, 0.3) is 22.5 Å². The summed E-state index contributed by atoms with van der Waals surface area (Å²) in [5.74, 6) is 0.137. The van der Waals surface area contributed by atoms with Gasteiger partial charge in [-0.25, -0.2) is 13.6 Å². The highest BCUT2D eigenvalue weighted by Crippen LogP contribution is 2.38. The number of aromatic nitrogens is 4. The van der Waals surface area contributed by atoms with Crippen molar-refractivity contribution in [3.05, 3.63) is 46.4 Å². The molecule has 10 heteroatoms. The van der Waals surface area contributed by atoms with Crippen molar-refractivity contribution in [3.8, 4) is 22.5 Å². The number of halogens is 1. The Morgan fingerprint density at radius 2 is 1.77 bits per heavy atom. The molecule has 0 spiro atoms. The summed E-state index contributed by atoms with van der Waals surface area (Å²) in [5, 5.41) is 19.1. The largest absolute Gasteiger partial charge is 0.326 e. The molecule has 3 rings (SSSR count). The lowest BCUT2D eigenvalue weighted by Gasteiger charge is -2.13. The van der Waals surface area contributed by atoms with Gasteiger partial charge >= 0.3 is 0 Å². The van der Waals surface area contributed by atoms with Crippen molar-refractivity contribution in [2.75, 3.05) is 0 Å². The van der Waals surface area contributed by atoms with E-state index in [0.717, 1.165) is 11.1 Å². The molecule has 26 heavy (non-hydrogen) atoms. The molecule has 0 aliphatic heterocycles. The Morgan fingerprint density at radius 3 is 2.27 bits per heavy atom. The number of rotatable bonds is 4. The molecule has 0 aliphatic carbocycles. The topological polar surface area (TPSA) is 141 Å². The molecule has 0 atom stereocenters. The molecule has 0 amide bonds. The van der Waals surface area contributed by atoms with Gasteiger partial charge in [0, 0.05) is 11.0 Å². The third-order valence-corrected chi connectivity index (χ3v) is 5.38. The average molecular weight is 439 g/mol. The minimum Gasteiger partial charge on any atom is -0.326 e. The third kappa shape index (κ3) is 4.15. The van der Waals surface area contributed by atoms with Crippen molar-refractivity contribution in [1.82, 2.24) is 20.6 Å². The number of nitrogens with two attached hydrogens (primary N) is 2. The van der Waals surface area contributed by atoms with Crippen LogP contribution in [0.15, 0.2) is 45.8 Å². The number of sulfonamides is 1. The predicted octanol–water partition coefficient (Wildman–Crippen LogP) is 2.43. The first-order valence-electron chi connectivity index (χ1n) is 7.80. The van der Waals surface area contributed by atoms with E-state index in [2.05, 4.69) is 36.6 Å². The van der Waals surface area contributed by atoms with Crippen LogP contribution in [0.4, 0.5) is 0 Å². The third-order valence-electron chi connectivity index (χ3n) is 3.46. The van der Waals surface area contributed by atoms with Crippen molar-refractivity contribution in [2.45, 2.75) is 25.3 Å². The SMILES string of the molecule is CC.NCc1ccc(-c2ccc(Br)c(S(N)(=O)=O)c2-c2nn[nH]n2)cc1. The van der Waals surface area contributed by atoms with Gasteiger partial charge in [-0.1, -0.05) is 44.2 Å². The normalized spacial score (nSPS) is 11.0. The van der Waals surface area contributed by atoms with E-state index in [0.29, 0.717) is 16.6 Å². The van der Waals surface area contributed by atoms with Crippen LogP contribution in [-0.4, -0.2) is 29.0 Å². The Labute approximate surface area is 160 Å². The molecule has 0 saturated heterocycles. The van der Waals surface area contributed by atoms with Crippen LogP contribution >= 0.6 is 15.9 Å². The molecule has 3 aromatic rings. The molecule has 0 radical (unpaired) electrons. The second-order valence-electron chi connectivity index (χ2n) is 4.98. The Morgan fingerprint density at radius 1 is 1.12 bits per heavy atom. The van der Waals surface area contributed by atoms with Gasteiger partial charge < -0.3 is 5.73 Å². The second-order valence-corrected chi connectivity index (χ2v) is 7.33. The lowest BCUT2D eigenvalue weighted by Crippen LogP contribution is -2.15. The van der Waals surface area contributed by atoms with E-state index >= 15 is 0 Å². The van der Waals surface area contributed by atoms with Gasteiger partial charge in [-0.15, -0.1) is 10.2 Å². The fourth-order valence-electron chi connectivity index (χ4n) is 2.39. The highest BCUT2D eigenvalue weighted by Gasteiger charge is 2.25. The number of aromatic amines is 1. The van der Waals surface area contributed by atoms with E-state index in [-0.39, 0.29) is 16.3 Å². The molecule has 1 heterocycles. The van der Waals surface area contributed by atoms with Crippen molar-refractivity contribution in [3.63, 3.8) is 0 Å². The molecule has 0 saturated carbocycles. The van der Waals surface area contributed by atoms with Gasteiger partial charge in [-0.3, -0.25) is 0 Å². The summed E-state index contributed by atoms with van der Waals surface area (Å²) in [6.07, 6.45) is 0. The Kier molecular flexibility index (Phi) is 6.59. The van der Waals surface area contributed by atoms with Crippen LogP contribution in [0.3, 0.4) is 0 Å². The van der Waals surface area contributed by atoms with Gasteiger partial charge in [0.1, 0.15) is 4.90 Å². The van der Waals surface area contributed by atoms with E-state index < -0.39 is 10.0 Å². The van der Waals surface area contributed by atoms with Crippen LogP contribution in [0, 0.1) is 0 Å². The summed E-state index contributed by atoms with van der Waals surface area (Å²) < 4.78 is 24.5. The summed E-state index contributed by atoms with van der Waals surface area (Å²) in [5.41, 5.74) is 8.25. The number of hydrogen-bond donors (Lipinski definition) is 3. The molecule has 0 unspecified atom stereocenters. The van der Waals surface area contributed by atoms with Crippen molar-refractivity contribution in [1.29, 1.82) is 0 Å². The summed E-state index contributed by atoms with van der Waals surface area (Å²) >= 11 is 3.24. The molecule has 0 bridgehead atoms. The first-order valence-corrected chi connectivity index (χ1v) is 10.1. The van der Waals surface area contributed by atoms with Crippen molar-refractivity contribution >= 4 is 26.0 Å². The zero-order valence-electron chi connectivity index (χ0n) is 14.3. The van der Waals surface area contributed by atoms with Gasteiger partial charge in [0.15, 0.2) is 0 Å². The minimum atomic E-state index is -4.02. The number of benzene rings is 2. The van der Waals surface area contributed by atoms with E-state index in [9.17, 15) is 8.42 Å². The standard InChI is InChI=1S/C14H13BrN6O2S.C2H6/c15-11-6-5-10(9-3-1-8(7-16)2-4-9)12(13(11)24(17,22)23)14-18-20-21-19-14;1-2/h1-6H,7,16H2,(H2,17,22,23)(H,18,19,20,21);1-2H3. The number of nitrogens with one attached hydrogen (secondary N) is 1. The van der Waals surface area contributed by atoms with Crippen molar-refractivity contribution in [2.24, 2.45) is 10.9 Å². The zero-order valence-corrected chi connectivity index (χ0v) is 16.7. The Balaban J connectivity index is 0.00000117. The Hall–Kier alpha value is -2.14. The number of primary sulfonamides is 1. The van der Waals surface area contributed by atoms with Gasteiger partial charge in [0.2, 0.25) is 15.8 Å². The maximum absolute atomic E-state index is 12.1. The number of nitrogens with zero attached hydrogens (tertiary/aromatic N) is 3. The smallest absolute Gasteiger partial charge is 0.239 e. The van der Waals surface area contributed by atoms with Gasteiger partial charge in [-0.2, -0.15) is 5.21 Å². The average Bonchev–Trinajstić information content (AvgIpc) is 3.16. The van der Waals surface area contributed by atoms with Crippen LogP contribution in [0.5, 0.6) is 0 Å². The maximum atomic E-state index is 12.1. The zero-order chi connectivity index (χ0) is 19.3. The maximum Gasteiger partial charge on any atom is 0.239 e. The molecular weight excluding hydrogens is 420 g/mol. The van der Waals surface area contributed by atoms with E-state index in [4.69, 9.17) is 10.9 Å². The van der Waals surface area contributed by atoms with Gasteiger partial charge in [0.05, 0.1) is 5.56 Å². The van der Waals surface area contributed by atoms with Gasteiger partial charge in [-0.05, 0) is 43.9 Å². The lowest BCUT2D eigenvalue weighted by molar-refractivity contribution is 0.597. The molecule has 5 N–H and O–H groups in total. The molecule has 8 nitrogen and oxygen atoms in total. The molecule has 0 aliphatic rings. The highest BCUT2D eigenvalue weighted by molar-refractivity contribution is 9.10. The first kappa shape index (κ1) is 20.2. The summed E-state index contributed by atoms with van der Waals surface area (Å²) in [7, 11) is -4.02. The lowest BCUT2D eigenvalue weighted by atomic mass is 9.98. The minimum absolute atomic E-state index is 0.0932. The molecular formula is C16H19BrN6O2S. The van der Waals surface area contributed by atoms with E-state index in [1.807, 2.05) is 38.1 Å². The van der Waals surface area contributed by atoms with E-state index in [1.54, 1.807) is 12.1 Å². The van der Waals surface area contributed by atoms with Crippen LogP contribution in [0.1, 0.15) is 19.4 Å². The summed E-state index contributed by atoms with van der Waals surface area (Å²) in [6.45, 7) is 4.42. The molecule has 0 fully saturated rings. The number of tetrazole rings is 1. The quantitative estimate of drug-likeness (QED) is 0.570. The fraction of sp³-hybridized carbons (Fsp3) is 0.188. The summed E-state index contributed by atoms with van der Waals surface area (Å²) in [6, 6.07) is 10.8. The van der Waals surface area contributed by atoms with Crippen LogP contribution in [0.2, 0.25) is 0 Å². The van der Waals surface area contributed by atoms with Crippen LogP contribution in [-0.2, 0) is 16.6 Å². The molecule has 2 aromatic carbocycles. The Bertz CT molecular complexity index is 973. The molecule has 1 aromatic heterocycles. The van der Waals surface area contributed by atoms with Gasteiger partial charge in [0.25, 0.3) is 0 Å². The second kappa shape index (κ2) is 8.49. The highest BCUT2D eigenvalue weighted by atomic mass is 79.9. The first-order chi connectivity index (χ1) is 12.4. The fourth-order valence-corrected chi connectivity index (χ4v) is 4.22. The predicted molar refractivity (Wildman–Crippen MR) is 103 cm³/mol.